The van der Waals surface area contributed by atoms with Crippen molar-refractivity contribution in [1.29, 1.82) is 0 Å². The molecule has 0 saturated heterocycles. The van der Waals surface area contributed by atoms with Crippen LogP contribution in [0, 0.1) is 0 Å². The maximum atomic E-state index is 13.2. The lowest BCUT2D eigenvalue weighted by Gasteiger charge is -2.30. The molecule has 144 valence electrons. The zero-order valence-electron chi connectivity index (χ0n) is 15.5. The van der Waals surface area contributed by atoms with Crippen LogP contribution >= 0.6 is 11.6 Å². The fraction of sp³-hybridized carbons (Fsp3) is 0.429. The zero-order valence-corrected chi connectivity index (χ0v) is 16.2. The van der Waals surface area contributed by atoms with Gasteiger partial charge in [0.2, 0.25) is 11.8 Å². The largest absolute Gasteiger partial charge is 0.467 e. The highest BCUT2D eigenvalue weighted by Crippen LogP contribution is 2.28. The second kappa shape index (κ2) is 9.09. The molecule has 27 heavy (non-hydrogen) atoms. The number of furan rings is 1. The van der Waals surface area contributed by atoms with Crippen LogP contribution in [-0.4, -0.2) is 22.8 Å². The van der Waals surface area contributed by atoms with Gasteiger partial charge in [0.1, 0.15) is 5.76 Å². The Bertz CT molecular complexity index is 752. The summed E-state index contributed by atoms with van der Waals surface area (Å²) in [6.45, 7) is 1.93. The van der Waals surface area contributed by atoms with E-state index in [0.717, 1.165) is 37.0 Å². The average molecular weight is 389 g/mol. The van der Waals surface area contributed by atoms with Gasteiger partial charge in [0.15, 0.2) is 0 Å². The van der Waals surface area contributed by atoms with Crippen LogP contribution in [0.3, 0.4) is 0 Å². The summed E-state index contributed by atoms with van der Waals surface area (Å²) in [6.07, 6.45) is 6.13. The van der Waals surface area contributed by atoms with E-state index in [-0.39, 0.29) is 30.3 Å². The van der Waals surface area contributed by atoms with Crippen molar-refractivity contribution in [1.82, 2.24) is 10.2 Å². The van der Waals surface area contributed by atoms with E-state index in [0.29, 0.717) is 11.6 Å². The summed E-state index contributed by atoms with van der Waals surface area (Å²) in [6, 6.07) is 10.8. The fourth-order valence-corrected chi connectivity index (χ4v) is 3.82. The molecule has 0 spiro atoms. The zero-order chi connectivity index (χ0) is 19.2. The van der Waals surface area contributed by atoms with Gasteiger partial charge in [-0.3, -0.25) is 9.59 Å². The molecule has 5 nitrogen and oxygen atoms in total. The summed E-state index contributed by atoms with van der Waals surface area (Å²) in [4.78, 5) is 26.8. The van der Waals surface area contributed by atoms with E-state index in [4.69, 9.17) is 16.0 Å². The molecule has 1 aromatic carbocycles. The summed E-state index contributed by atoms with van der Waals surface area (Å²) in [5, 5.41) is 3.52. The molecule has 1 aliphatic rings. The van der Waals surface area contributed by atoms with E-state index < -0.39 is 0 Å². The molecule has 0 bridgehead atoms. The molecule has 2 aromatic rings. The number of nitrogens with zero attached hydrogens (tertiary/aromatic N) is 1. The van der Waals surface area contributed by atoms with Gasteiger partial charge in [-0.2, -0.15) is 0 Å². The second-order valence-electron chi connectivity index (χ2n) is 7.05. The Hall–Kier alpha value is -2.27. The third kappa shape index (κ3) is 5.36. The molecule has 1 aromatic heterocycles. The van der Waals surface area contributed by atoms with Crippen molar-refractivity contribution in [3.05, 3.63) is 59.0 Å². The van der Waals surface area contributed by atoms with Crippen LogP contribution in [0.5, 0.6) is 0 Å². The molecule has 2 amide bonds. The van der Waals surface area contributed by atoms with Gasteiger partial charge in [-0.25, -0.2) is 0 Å². The number of carbonyl (C=O) groups excluding carboxylic acids is 2. The Balaban J connectivity index is 1.77. The molecule has 6 heteroatoms. The van der Waals surface area contributed by atoms with Crippen molar-refractivity contribution in [2.45, 2.75) is 57.7 Å². The molecule has 0 radical (unpaired) electrons. The molecule has 1 saturated carbocycles. The number of amides is 2. The van der Waals surface area contributed by atoms with Crippen LogP contribution in [0.1, 0.15) is 56.4 Å². The average Bonchev–Trinajstić information content (AvgIpc) is 3.33. The smallest absolute Gasteiger partial charge is 0.225 e. The van der Waals surface area contributed by atoms with Crippen LogP contribution in [0.25, 0.3) is 0 Å². The molecule has 3 rings (SSSR count). The number of nitrogens with one attached hydrogen (secondary N) is 1. The Morgan fingerprint density at radius 3 is 2.52 bits per heavy atom. The van der Waals surface area contributed by atoms with Crippen molar-refractivity contribution in [2.75, 3.05) is 0 Å². The van der Waals surface area contributed by atoms with E-state index >= 15 is 0 Å². The van der Waals surface area contributed by atoms with Crippen LogP contribution < -0.4 is 5.32 Å². The van der Waals surface area contributed by atoms with Gasteiger partial charge in [0.05, 0.1) is 25.3 Å². The number of hydrogen-bond donors (Lipinski definition) is 1. The standard InChI is InChI=1S/C21H25ClN2O3/c1-15(25)23-20(16-8-10-17(22)11-9-16)13-21(26)24(18-5-2-3-6-18)14-19-7-4-12-27-19/h4,7-12,18,20H,2-3,5-6,13-14H2,1H3,(H,23,25). The maximum absolute atomic E-state index is 13.2. The van der Waals surface area contributed by atoms with Crippen LogP contribution in [0.2, 0.25) is 5.02 Å². The Morgan fingerprint density at radius 1 is 1.22 bits per heavy atom. The minimum atomic E-state index is -0.382. The van der Waals surface area contributed by atoms with E-state index in [1.54, 1.807) is 18.4 Å². The molecular weight excluding hydrogens is 364 g/mol. The second-order valence-corrected chi connectivity index (χ2v) is 7.48. The molecule has 1 heterocycles. The lowest BCUT2D eigenvalue weighted by molar-refractivity contribution is -0.135. The monoisotopic (exact) mass is 388 g/mol. The molecule has 1 aliphatic carbocycles. The number of carbonyl (C=O) groups is 2. The van der Waals surface area contributed by atoms with E-state index in [2.05, 4.69) is 5.32 Å². The minimum Gasteiger partial charge on any atom is -0.467 e. The fourth-order valence-electron chi connectivity index (χ4n) is 3.69. The Kier molecular flexibility index (Phi) is 6.56. The van der Waals surface area contributed by atoms with Gasteiger partial charge in [-0.05, 0) is 42.7 Å². The lowest BCUT2D eigenvalue weighted by Crippen LogP contribution is -2.40. The number of rotatable bonds is 7. The first-order chi connectivity index (χ1) is 13.0. The molecule has 1 unspecified atom stereocenters. The van der Waals surface area contributed by atoms with Crippen molar-refractivity contribution in [2.24, 2.45) is 0 Å². The van der Waals surface area contributed by atoms with Crippen molar-refractivity contribution in [3.63, 3.8) is 0 Å². The Morgan fingerprint density at radius 2 is 1.93 bits per heavy atom. The van der Waals surface area contributed by atoms with Gasteiger partial charge in [0.25, 0.3) is 0 Å². The highest BCUT2D eigenvalue weighted by atomic mass is 35.5. The molecular formula is C21H25ClN2O3. The molecule has 0 aliphatic heterocycles. The van der Waals surface area contributed by atoms with Crippen molar-refractivity contribution >= 4 is 23.4 Å². The van der Waals surface area contributed by atoms with Crippen LogP contribution in [-0.2, 0) is 16.1 Å². The number of halogens is 1. The third-order valence-corrected chi connectivity index (χ3v) is 5.27. The maximum Gasteiger partial charge on any atom is 0.225 e. The molecule has 1 fully saturated rings. The highest BCUT2D eigenvalue weighted by Gasteiger charge is 2.29. The van der Waals surface area contributed by atoms with Gasteiger partial charge < -0.3 is 14.6 Å². The SMILES string of the molecule is CC(=O)NC(CC(=O)N(Cc1ccco1)C1CCCC1)c1ccc(Cl)cc1. The molecule has 1 atom stereocenters. The topological polar surface area (TPSA) is 62.6 Å². The van der Waals surface area contributed by atoms with Gasteiger partial charge in [-0.15, -0.1) is 0 Å². The normalized spacial score (nSPS) is 15.5. The Labute approximate surface area is 164 Å². The van der Waals surface area contributed by atoms with Gasteiger partial charge in [-0.1, -0.05) is 36.6 Å². The highest BCUT2D eigenvalue weighted by molar-refractivity contribution is 6.30. The van der Waals surface area contributed by atoms with Crippen molar-refractivity contribution in [3.8, 4) is 0 Å². The number of hydrogen-bond acceptors (Lipinski definition) is 3. The summed E-state index contributed by atoms with van der Waals surface area (Å²) < 4.78 is 5.46. The summed E-state index contributed by atoms with van der Waals surface area (Å²) in [5.74, 6) is 0.631. The molecule has 1 N–H and O–H groups in total. The van der Waals surface area contributed by atoms with Crippen molar-refractivity contribution < 1.29 is 14.0 Å². The first kappa shape index (κ1) is 19.5. The lowest BCUT2D eigenvalue weighted by atomic mass is 10.0. The van der Waals surface area contributed by atoms with E-state index in [1.165, 1.54) is 6.92 Å². The van der Waals surface area contributed by atoms with Crippen LogP contribution in [0.4, 0.5) is 0 Å². The van der Waals surface area contributed by atoms with Gasteiger partial charge >= 0.3 is 0 Å². The third-order valence-electron chi connectivity index (χ3n) is 5.02. The predicted octanol–water partition coefficient (Wildman–Crippen LogP) is 4.47. The van der Waals surface area contributed by atoms with E-state index in [9.17, 15) is 9.59 Å². The van der Waals surface area contributed by atoms with Crippen LogP contribution in [0.15, 0.2) is 47.1 Å². The predicted molar refractivity (Wildman–Crippen MR) is 104 cm³/mol. The first-order valence-electron chi connectivity index (χ1n) is 9.37. The van der Waals surface area contributed by atoms with Gasteiger partial charge in [0, 0.05) is 18.0 Å². The number of benzene rings is 1. The quantitative estimate of drug-likeness (QED) is 0.761. The van der Waals surface area contributed by atoms with E-state index in [1.807, 2.05) is 29.2 Å². The first-order valence-corrected chi connectivity index (χ1v) is 9.75. The summed E-state index contributed by atoms with van der Waals surface area (Å²) in [7, 11) is 0. The summed E-state index contributed by atoms with van der Waals surface area (Å²) >= 11 is 5.97. The minimum absolute atomic E-state index is 0.0204. The summed E-state index contributed by atoms with van der Waals surface area (Å²) in [5.41, 5.74) is 0.868.